The molecule has 8 heteroatoms. The lowest BCUT2D eigenvalue weighted by Gasteiger charge is -2.26. The van der Waals surface area contributed by atoms with E-state index in [9.17, 15) is 18.0 Å². The van der Waals surface area contributed by atoms with Gasteiger partial charge in [-0.25, -0.2) is 4.98 Å². The highest BCUT2D eigenvalue weighted by Crippen LogP contribution is 2.31. The molecule has 1 aliphatic heterocycles. The molecular formula is C16H16F3N3OS. The third-order valence-electron chi connectivity index (χ3n) is 3.75. The lowest BCUT2D eigenvalue weighted by molar-refractivity contribution is -0.137. The molecule has 24 heavy (non-hydrogen) atoms. The van der Waals surface area contributed by atoms with E-state index in [4.69, 9.17) is 0 Å². The zero-order chi connectivity index (χ0) is 17.3. The molecular weight excluding hydrogens is 339 g/mol. The second-order valence-electron chi connectivity index (χ2n) is 5.73. The molecule has 0 aliphatic carbocycles. The molecule has 0 fully saturated rings. The Balaban J connectivity index is 1.70. The van der Waals surface area contributed by atoms with Crippen LogP contribution in [0.15, 0.2) is 24.3 Å². The van der Waals surface area contributed by atoms with Crippen LogP contribution in [0.2, 0.25) is 0 Å². The highest BCUT2D eigenvalue weighted by atomic mass is 32.1. The number of alkyl halides is 3. The van der Waals surface area contributed by atoms with Crippen LogP contribution < -0.4 is 5.32 Å². The van der Waals surface area contributed by atoms with Gasteiger partial charge >= 0.3 is 6.18 Å². The number of aromatic nitrogens is 1. The summed E-state index contributed by atoms with van der Waals surface area (Å²) < 4.78 is 38.4. The topological polar surface area (TPSA) is 45.2 Å². The summed E-state index contributed by atoms with van der Waals surface area (Å²) in [6.07, 6.45) is -3.60. The fraction of sp³-hybridized carbons (Fsp3) is 0.375. The number of amides is 1. The first-order valence-corrected chi connectivity index (χ1v) is 8.27. The first kappa shape index (κ1) is 16.9. The minimum atomic E-state index is -4.32. The third kappa shape index (κ3) is 3.93. The Hall–Kier alpha value is -1.93. The van der Waals surface area contributed by atoms with Gasteiger partial charge in [0.1, 0.15) is 0 Å². The van der Waals surface area contributed by atoms with Crippen LogP contribution in [0.1, 0.15) is 28.6 Å². The number of thiazole rings is 1. The van der Waals surface area contributed by atoms with Crippen LogP contribution in [-0.2, 0) is 30.5 Å². The number of fused-ring (bicyclic) bond motifs is 1. The Morgan fingerprint density at radius 1 is 1.42 bits per heavy atom. The van der Waals surface area contributed by atoms with Crippen molar-refractivity contribution in [2.24, 2.45) is 0 Å². The largest absolute Gasteiger partial charge is 0.416 e. The zero-order valence-corrected chi connectivity index (χ0v) is 13.8. The van der Waals surface area contributed by atoms with Crippen LogP contribution in [0.5, 0.6) is 0 Å². The van der Waals surface area contributed by atoms with Crippen molar-refractivity contribution in [2.75, 3.05) is 11.9 Å². The predicted octanol–water partition coefficient (Wildman–Crippen LogP) is 3.68. The van der Waals surface area contributed by atoms with Crippen molar-refractivity contribution in [1.29, 1.82) is 0 Å². The average Bonchev–Trinajstić information content (AvgIpc) is 2.87. The van der Waals surface area contributed by atoms with Gasteiger partial charge < -0.3 is 5.32 Å². The quantitative estimate of drug-likeness (QED) is 0.914. The van der Waals surface area contributed by atoms with Gasteiger partial charge in [-0.1, -0.05) is 18.2 Å². The molecule has 2 heterocycles. The van der Waals surface area contributed by atoms with Crippen molar-refractivity contribution < 1.29 is 18.0 Å². The number of anilines is 1. The number of carbonyl (C=O) groups is 1. The highest BCUT2D eigenvalue weighted by Gasteiger charge is 2.30. The number of hydrogen-bond acceptors (Lipinski definition) is 4. The maximum Gasteiger partial charge on any atom is 0.416 e. The summed E-state index contributed by atoms with van der Waals surface area (Å²) in [6, 6.07) is 5.43. The smallest absolute Gasteiger partial charge is 0.302 e. The van der Waals surface area contributed by atoms with E-state index in [0.29, 0.717) is 23.8 Å². The van der Waals surface area contributed by atoms with E-state index < -0.39 is 11.7 Å². The molecule has 0 saturated carbocycles. The van der Waals surface area contributed by atoms with Crippen molar-refractivity contribution in [3.05, 3.63) is 46.0 Å². The molecule has 1 aromatic heterocycles. The van der Waals surface area contributed by atoms with Crippen LogP contribution in [-0.4, -0.2) is 22.3 Å². The molecule has 3 rings (SSSR count). The zero-order valence-electron chi connectivity index (χ0n) is 13.0. The minimum absolute atomic E-state index is 0.165. The lowest BCUT2D eigenvalue weighted by atomic mass is 10.1. The maximum atomic E-state index is 12.8. The Morgan fingerprint density at radius 2 is 2.21 bits per heavy atom. The predicted molar refractivity (Wildman–Crippen MR) is 85.7 cm³/mol. The summed E-state index contributed by atoms with van der Waals surface area (Å²) >= 11 is 1.42. The number of nitrogens with one attached hydrogen (secondary N) is 1. The van der Waals surface area contributed by atoms with Gasteiger partial charge in [-0.2, -0.15) is 13.2 Å². The van der Waals surface area contributed by atoms with Gasteiger partial charge in [0.05, 0.1) is 11.3 Å². The molecule has 0 unspecified atom stereocenters. The van der Waals surface area contributed by atoms with Gasteiger partial charge in [0.25, 0.3) is 0 Å². The van der Waals surface area contributed by atoms with Gasteiger partial charge in [-0.05, 0) is 11.6 Å². The molecule has 1 aromatic carbocycles. The standard InChI is InChI=1S/C16H16F3N3OS/c1-10(23)20-15-21-13-5-6-22(9-14(13)24-15)8-11-3-2-4-12(7-11)16(17,18)19/h2-4,7H,5-6,8-9H2,1H3,(H,20,21,23). The molecule has 0 bridgehead atoms. The molecule has 1 N–H and O–H groups in total. The second kappa shape index (κ2) is 6.52. The summed E-state index contributed by atoms with van der Waals surface area (Å²) in [7, 11) is 0. The van der Waals surface area contributed by atoms with Crippen LogP contribution in [0.3, 0.4) is 0 Å². The van der Waals surface area contributed by atoms with Crippen LogP contribution >= 0.6 is 11.3 Å². The molecule has 0 radical (unpaired) electrons. The second-order valence-corrected chi connectivity index (χ2v) is 6.81. The summed E-state index contributed by atoms with van der Waals surface area (Å²) in [5, 5.41) is 3.25. The Morgan fingerprint density at radius 3 is 2.92 bits per heavy atom. The first-order valence-electron chi connectivity index (χ1n) is 7.46. The van der Waals surface area contributed by atoms with Gasteiger partial charge in [-0.3, -0.25) is 9.69 Å². The van der Waals surface area contributed by atoms with Gasteiger partial charge in [0.15, 0.2) is 5.13 Å². The van der Waals surface area contributed by atoms with E-state index in [1.54, 1.807) is 6.07 Å². The first-order chi connectivity index (χ1) is 11.3. The molecule has 4 nitrogen and oxygen atoms in total. The third-order valence-corrected chi connectivity index (χ3v) is 4.75. The molecule has 128 valence electrons. The van der Waals surface area contributed by atoms with E-state index in [1.807, 2.05) is 0 Å². The normalized spacial score (nSPS) is 15.2. The van der Waals surface area contributed by atoms with Crippen molar-refractivity contribution in [3.8, 4) is 0 Å². The minimum Gasteiger partial charge on any atom is -0.302 e. The number of benzene rings is 1. The average molecular weight is 355 g/mol. The summed E-state index contributed by atoms with van der Waals surface area (Å²) in [6.45, 7) is 3.24. The molecule has 0 atom stereocenters. The highest BCUT2D eigenvalue weighted by molar-refractivity contribution is 7.15. The van der Waals surface area contributed by atoms with E-state index in [1.165, 1.54) is 30.4 Å². The van der Waals surface area contributed by atoms with Crippen molar-refractivity contribution in [2.45, 2.75) is 32.6 Å². The fourth-order valence-corrected chi connectivity index (χ4v) is 3.79. The Kier molecular flexibility index (Phi) is 4.60. The number of carbonyl (C=O) groups excluding carboxylic acids is 1. The Labute approximate surface area is 141 Å². The maximum absolute atomic E-state index is 12.8. The molecule has 1 amide bonds. The summed E-state index contributed by atoms with van der Waals surface area (Å²) in [5.41, 5.74) is 0.979. The number of halogens is 3. The monoisotopic (exact) mass is 355 g/mol. The molecule has 1 aliphatic rings. The van der Waals surface area contributed by atoms with Gasteiger partial charge in [-0.15, -0.1) is 11.3 Å². The van der Waals surface area contributed by atoms with Gasteiger partial charge in [0.2, 0.25) is 5.91 Å². The molecule has 0 spiro atoms. The van der Waals surface area contributed by atoms with E-state index in [2.05, 4.69) is 15.2 Å². The Bertz CT molecular complexity index is 757. The van der Waals surface area contributed by atoms with E-state index in [0.717, 1.165) is 29.6 Å². The lowest BCUT2D eigenvalue weighted by Crippen LogP contribution is -2.29. The molecule has 0 saturated heterocycles. The molecule has 2 aromatic rings. The number of rotatable bonds is 3. The van der Waals surface area contributed by atoms with Crippen LogP contribution in [0.25, 0.3) is 0 Å². The SMILES string of the molecule is CC(=O)Nc1nc2c(s1)CN(Cc1cccc(C(F)(F)F)c1)CC2. The van der Waals surface area contributed by atoms with E-state index in [-0.39, 0.29) is 5.91 Å². The summed E-state index contributed by atoms with van der Waals surface area (Å²) in [5.74, 6) is -0.165. The van der Waals surface area contributed by atoms with E-state index >= 15 is 0 Å². The fourth-order valence-electron chi connectivity index (χ4n) is 2.69. The number of hydrogen-bond donors (Lipinski definition) is 1. The summed E-state index contributed by atoms with van der Waals surface area (Å²) in [4.78, 5) is 18.6. The van der Waals surface area contributed by atoms with Crippen molar-refractivity contribution in [1.82, 2.24) is 9.88 Å². The van der Waals surface area contributed by atoms with Crippen LogP contribution in [0, 0.1) is 0 Å². The van der Waals surface area contributed by atoms with Crippen molar-refractivity contribution in [3.63, 3.8) is 0 Å². The van der Waals surface area contributed by atoms with Crippen LogP contribution in [0.4, 0.5) is 18.3 Å². The van der Waals surface area contributed by atoms with Gasteiger partial charge in [0, 0.05) is 37.9 Å². The number of nitrogens with zero attached hydrogens (tertiary/aromatic N) is 2. The van der Waals surface area contributed by atoms with Crippen molar-refractivity contribution >= 4 is 22.4 Å².